The molecular weight excluding hydrogens is 1980 g/mol. The standard InChI is InChI=1S/C27H27F3N6O3.C27H32F3N3O4.C22H24F3N3O2.C18H15ClF3NO2.C10H8ClF3O/c28-27(29,30)20-8-9-21-22(34-13-15-35(16-14-34)25(37)32-24-7-4-11-31-33-24)10-12-36(23(21)17-20)26(38)39-18-19-5-2-1-3-6-19;1-26(2,3)37-24(34)32-15-13-31(14-16-32)22-11-12-33(25(35)36-18-19-7-5-4-6-8-19)23-17-20(27(28,29)30)9-10-21(22)23;23-22(24,25)17-6-7-18-19(27-12-9-26-10-13-27)8-11-28(20(18)14-17)21(29)30-15-16-4-2-1-3-5-16;19-15-8-9-23(17(24)25-11-12-4-2-1-3-5-12)16-10-13(18(20,21)22)6-7-14(15)16;11-8-3-4-15-9-5-6(10(12,13)14)1-2-7(8)9/h1-9,11,17,22H,10,12-16,18H2,(H,32,33,37);4-10,17,22H,11-16,18H2,1-3H3;1-7,14,19,26H,8-13,15H2;1-7,10,15H,8-9,11H2;1-2,5,8H,3-4H2. The molecule has 0 bridgehead atoms. The van der Waals surface area contributed by atoms with Gasteiger partial charge in [-0.15, -0.1) is 28.3 Å². The van der Waals surface area contributed by atoms with Crippen LogP contribution in [0, 0.1) is 0 Å². The van der Waals surface area contributed by atoms with Gasteiger partial charge in [-0.1, -0.05) is 152 Å². The molecule has 778 valence electrons. The number of benzene rings is 9. The van der Waals surface area contributed by atoms with Crippen LogP contribution in [0.5, 0.6) is 5.75 Å². The van der Waals surface area contributed by atoms with Crippen LogP contribution in [0.4, 0.5) is 123 Å². The molecule has 8 aliphatic rings. The van der Waals surface area contributed by atoms with Gasteiger partial charge in [0.2, 0.25) is 0 Å². The first-order chi connectivity index (χ1) is 69.5. The lowest BCUT2D eigenvalue weighted by molar-refractivity contribution is -0.138. The Hall–Kier alpha value is -13.2. The SMILES string of the molecule is CC(C)(C)OC(=O)N1CCN(C2CCN(C(=O)OCc3ccccc3)c3cc(C(F)(F)F)ccc32)CC1.FC(F)(F)c1ccc2c(c1)OCCC2Cl.O=C(Nc1cccnn1)N1CCN(C2CCN(C(=O)OCc3ccccc3)c3cc(C(F)(F)F)ccc32)CC1.O=C(OCc1ccccc1)N1CCC(Cl)c2ccc(C(F)(F)F)cc21.O=C(OCc1ccccc1)N1CCC(N2CCNCC2)c2ccc(C(F)(F)F)cc21. The number of nitrogens with zero attached hydrogens (tertiary/aromatic N) is 11. The third-order valence-corrected chi connectivity index (χ3v) is 26.3. The average Bonchev–Trinajstić information content (AvgIpc) is 0.770. The highest BCUT2D eigenvalue weighted by Gasteiger charge is 2.45. The van der Waals surface area contributed by atoms with Crippen LogP contribution < -0.4 is 35.0 Å². The topological polar surface area (TPSA) is 237 Å². The summed E-state index contributed by atoms with van der Waals surface area (Å²) in [4.78, 5) is 91.2. The smallest absolute Gasteiger partial charge is 0.416 e. The number of aromatic nitrogens is 2. The van der Waals surface area contributed by atoms with Gasteiger partial charge in [-0.3, -0.25) is 39.6 Å². The maximum Gasteiger partial charge on any atom is 0.416 e. The van der Waals surface area contributed by atoms with Gasteiger partial charge >= 0.3 is 67.4 Å². The zero-order valence-electron chi connectivity index (χ0n) is 79.5. The molecule has 25 nitrogen and oxygen atoms in total. The Morgan fingerprint density at radius 3 is 1.01 bits per heavy atom. The van der Waals surface area contributed by atoms with Gasteiger partial charge in [0.05, 0.1) is 67.9 Å². The number of hydrogen-bond acceptors (Lipinski definition) is 18. The number of rotatable bonds is 12. The number of hydrogen-bond donors (Lipinski definition) is 2. The minimum atomic E-state index is -4.55. The molecule has 8 aliphatic heterocycles. The van der Waals surface area contributed by atoms with Crippen LogP contribution in [0.2, 0.25) is 0 Å². The van der Waals surface area contributed by atoms with Crippen molar-refractivity contribution in [3.63, 3.8) is 0 Å². The average molecular weight is 2090 g/mol. The van der Waals surface area contributed by atoms with E-state index in [0.717, 1.165) is 115 Å². The minimum absolute atomic E-state index is 0.0115. The Morgan fingerprint density at radius 2 is 0.671 bits per heavy atom. The number of nitrogens with one attached hydrogen (secondary N) is 2. The molecule has 9 aromatic carbocycles. The van der Waals surface area contributed by atoms with Crippen LogP contribution in [0.25, 0.3) is 0 Å². The summed E-state index contributed by atoms with van der Waals surface area (Å²) < 4.78 is 230. The summed E-state index contributed by atoms with van der Waals surface area (Å²) in [5.74, 6) is 0.599. The Balaban J connectivity index is 0.000000148. The molecule has 0 aliphatic carbocycles. The molecule has 0 saturated carbocycles. The van der Waals surface area contributed by atoms with E-state index in [1.165, 1.54) is 56.1 Å². The molecule has 3 fully saturated rings. The van der Waals surface area contributed by atoms with Crippen LogP contribution in [-0.2, 0) is 81.0 Å². The first-order valence-corrected chi connectivity index (χ1v) is 48.0. The monoisotopic (exact) mass is 2080 g/mol. The molecule has 10 aromatic rings. The molecule has 0 spiro atoms. The molecule has 2 N–H and O–H groups in total. The van der Waals surface area contributed by atoms with E-state index < -0.39 is 94.0 Å². The van der Waals surface area contributed by atoms with Gasteiger partial charge < -0.3 is 43.5 Å². The zero-order chi connectivity index (χ0) is 104. The second-order valence-electron chi connectivity index (χ2n) is 36.2. The normalized spacial score (nSPS) is 18.7. The Kier molecular flexibility index (Phi) is 35.7. The van der Waals surface area contributed by atoms with E-state index in [1.54, 1.807) is 34.1 Å². The van der Waals surface area contributed by atoms with Crippen molar-refractivity contribution in [3.8, 4) is 5.75 Å². The lowest BCUT2D eigenvalue weighted by Crippen LogP contribution is -2.52. The van der Waals surface area contributed by atoms with Crippen molar-refractivity contribution in [1.82, 2.24) is 40.0 Å². The van der Waals surface area contributed by atoms with E-state index >= 15 is 0 Å². The fourth-order valence-corrected chi connectivity index (χ4v) is 18.5. The van der Waals surface area contributed by atoms with Crippen molar-refractivity contribution in [1.29, 1.82) is 0 Å². The first kappa shape index (κ1) is 109. The zero-order valence-corrected chi connectivity index (χ0v) is 81.0. The highest BCUT2D eigenvalue weighted by molar-refractivity contribution is 6.22. The van der Waals surface area contributed by atoms with E-state index in [0.29, 0.717) is 126 Å². The number of anilines is 5. The largest absolute Gasteiger partial charge is 0.493 e. The number of ether oxygens (including phenoxy) is 6. The quantitative estimate of drug-likeness (QED) is 0.0657. The fraction of sp³-hybridized carbons (Fsp3) is 0.385. The van der Waals surface area contributed by atoms with Crippen LogP contribution in [-0.4, -0.2) is 188 Å². The summed E-state index contributed by atoms with van der Waals surface area (Å²) in [6.45, 7) is 14.2. The van der Waals surface area contributed by atoms with Gasteiger partial charge in [-0.2, -0.15) is 71.0 Å². The number of carbonyl (C=O) groups is 6. The number of carbonyl (C=O) groups excluding carboxylic acids is 6. The maximum absolute atomic E-state index is 13.6. The molecule has 7 amide bonds. The molecular formula is C104H106Cl2F15N13O12. The van der Waals surface area contributed by atoms with Gasteiger partial charge in [-0.25, -0.2) is 28.8 Å². The third-order valence-electron chi connectivity index (χ3n) is 25.4. The van der Waals surface area contributed by atoms with Crippen molar-refractivity contribution >= 4 is 88.3 Å². The molecule has 9 heterocycles. The summed E-state index contributed by atoms with van der Waals surface area (Å²) in [6, 6.07) is 56.5. The van der Waals surface area contributed by atoms with Crippen molar-refractivity contribution < 1.29 is 123 Å². The van der Waals surface area contributed by atoms with E-state index in [9.17, 15) is 94.6 Å². The lowest BCUT2D eigenvalue weighted by Gasteiger charge is -2.43. The van der Waals surface area contributed by atoms with Crippen molar-refractivity contribution in [2.24, 2.45) is 0 Å². The van der Waals surface area contributed by atoms with Crippen LogP contribution in [0.15, 0.2) is 231 Å². The number of urea groups is 1. The predicted molar refractivity (Wildman–Crippen MR) is 515 cm³/mol. The number of halogens is 17. The van der Waals surface area contributed by atoms with E-state index in [4.69, 9.17) is 51.6 Å². The van der Waals surface area contributed by atoms with Crippen LogP contribution in [0.1, 0.15) is 160 Å². The summed E-state index contributed by atoms with van der Waals surface area (Å²) in [5, 5.41) is 12.9. The number of amides is 7. The van der Waals surface area contributed by atoms with E-state index in [-0.39, 0.29) is 110 Å². The second-order valence-corrected chi connectivity index (χ2v) is 37.3. The van der Waals surface area contributed by atoms with Gasteiger partial charge in [0.15, 0.2) is 5.82 Å². The molecule has 146 heavy (non-hydrogen) atoms. The highest BCUT2D eigenvalue weighted by atomic mass is 35.5. The van der Waals surface area contributed by atoms with Gasteiger partial charge in [0.25, 0.3) is 0 Å². The summed E-state index contributed by atoms with van der Waals surface area (Å²) in [7, 11) is 0. The predicted octanol–water partition coefficient (Wildman–Crippen LogP) is 24.3. The maximum atomic E-state index is 13.6. The van der Waals surface area contributed by atoms with Crippen LogP contribution in [0.3, 0.4) is 0 Å². The number of piperazine rings is 3. The van der Waals surface area contributed by atoms with Gasteiger partial charge in [-0.05, 0) is 164 Å². The molecule has 3 saturated heterocycles. The van der Waals surface area contributed by atoms with Crippen molar-refractivity contribution in [2.75, 3.05) is 136 Å². The first-order valence-electron chi connectivity index (χ1n) is 47.1. The fourth-order valence-electron chi connectivity index (χ4n) is 18.0. The summed E-state index contributed by atoms with van der Waals surface area (Å²) in [5.41, 5.74) is 2.67. The van der Waals surface area contributed by atoms with Crippen LogP contribution >= 0.6 is 23.2 Å². The molecule has 5 atom stereocenters. The van der Waals surface area contributed by atoms with Gasteiger partial charge in [0.1, 0.15) is 37.8 Å². The molecule has 0 radical (unpaired) electrons. The molecule has 18 rings (SSSR count). The highest BCUT2D eigenvalue weighted by Crippen LogP contribution is 2.49. The number of fused-ring (bicyclic) bond motifs is 5. The summed E-state index contributed by atoms with van der Waals surface area (Å²) in [6.07, 6.45) is -21.2. The molecule has 5 unspecified atom stereocenters. The van der Waals surface area contributed by atoms with Gasteiger partial charge in [0, 0.05) is 141 Å². The molecule has 42 heteroatoms. The summed E-state index contributed by atoms with van der Waals surface area (Å²) >= 11 is 12.1. The van der Waals surface area contributed by atoms with Crippen molar-refractivity contribution in [3.05, 3.63) is 309 Å². The lowest BCUT2D eigenvalue weighted by atomic mass is 9.93. The third kappa shape index (κ3) is 28.8. The van der Waals surface area contributed by atoms with E-state index in [2.05, 4.69) is 35.5 Å². The second kappa shape index (κ2) is 48.0. The Morgan fingerprint density at radius 1 is 0.356 bits per heavy atom. The molecule has 1 aromatic heterocycles. The van der Waals surface area contributed by atoms with Crippen molar-refractivity contribution in [2.45, 2.75) is 145 Å². The Bertz CT molecular complexity index is 6090. The Labute approximate surface area is 842 Å². The van der Waals surface area contributed by atoms with E-state index in [1.807, 2.05) is 130 Å². The number of alkyl halides is 17. The minimum Gasteiger partial charge on any atom is -0.493 e.